The molecule has 1 amide bonds. The molecule has 4 nitrogen and oxygen atoms in total. The van der Waals surface area contributed by atoms with Crippen molar-refractivity contribution in [3.63, 3.8) is 0 Å². The molecule has 12 heavy (non-hydrogen) atoms. The number of carbonyl (C=O) groups is 2. The van der Waals surface area contributed by atoms with Crippen molar-refractivity contribution >= 4 is 11.9 Å². The molecule has 0 unspecified atom stereocenters. The average molecular weight is 169 g/mol. The number of carboxylic acid groups (broad SMARTS) is 1. The Balaban J connectivity index is 2.16. The van der Waals surface area contributed by atoms with Crippen LogP contribution >= 0.6 is 0 Å². The number of rotatable bonds is 1. The average Bonchev–Trinajstić information content (AvgIpc) is 2.60. The maximum Gasteiger partial charge on any atom is 0.326 e. The molecule has 0 aromatic rings. The maximum absolute atomic E-state index is 11.0. The predicted molar refractivity (Wildman–Crippen MR) is 40.4 cm³/mol. The van der Waals surface area contributed by atoms with Crippen LogP contribution in [0, 0.1) is 11.8 Å². The van der Waals surface area contributed by atoms with Gasteiger partial charge in [0, 0.05) is 13.5 Å². The Morgan fingerprint density at radius 1 is 1.50 bits per heavy atom. The molecule has 1 aliphatic carbocycles. The zero-order chi connectivity index (χ0) is 8.88. The number of piperidine rings is 1. The fourth-order valence-electron chi connectivity index (χ4n) is 2.11. The van der Waals surface area contributed by atoms with Crippen molar-refractivity contribution < 1.29 is 14.7 Å². The van der Waals surface area contributed by atoms with Crippen LogP contribution in [0.4, 0.5) is 0 Å². The SMILES string of the molecule is CC(=O)N1C[C@H]2C[C@H]2[C@@H]1C(=O)O. The van der Waals surface area contributed by atoms with Crippen molar-refractivity contribution in [3.8, 4) is 0 Å². The van der Waals surface area contributed by atoms with Crippen LogP contribution in [-0.2, 0) is 9.59 Å². The first kappa shape index (κ1) is 7.58. The Hall–Kier alpha value is -1.06. The van der Waals surface area contributed by atoms with Crippen molar-refractivity contribution in [1.29, 1.82) is 0 Å². The van der Waals surface area contributed by atoms with Crippen LogP contribution in [0.3, 0.4) is 0 Å². The molecule has 3 atom stereocenters. The number of carbonyl (C=O) groups excluding carboxylic acids is 1. The number of aliphatic carboxylic acids is 1. The summed E-state index contributed by atoms with van der Waals surface area (Å²) in [6.07, 6.45) is 0.987. The summed E-state index contributed by atoms with van der Waals surface area (Å²) in [7, 11) is 0. The molecule has 0 aromatic heterocycles. The third kappa shape index (κ3) is 0.906. The molecule has 66 valence electrons. The van der Waals surface area contributed by atoms with Gasteiger partial charge < -0.3 is 10.0 Å². The van der Waals surface area contributed by atoms with E-state index in [0.717, 1.165) is 6.42 Å². The molecule has 0 aromatic carbocycles. The molecule has 2 rings (SSSR count). The minimum absolute atomic E-state index is 0.116. The molecule has 4 heteroatoms. The van der Waals surface area contributed by atoms with Gasteiger partial charge in [0.25, 0.3) is 0 Å². The fourth-order valence-corrected chi connectivity index (χ4v) is 2.11. The summed E-state index contributed by atoms with van der Waals surface area (Å²) in [4.78, 5) is 23.2. The second kappa shape index (κ2) is 2.21. The summed E-state index contributed by atoms with van der Waals surface area (Å²) in [5, 5.41) is 8.84. The van der Waals surface area contributed by atoms with E-state index in [1.54, 1.807) is 0 Å². The first-order valence-electron chi connectivity index (χ1n) is 4.11. The second-order valence-electron chi connectivity index (χ2n) is 3.61. The Morgan fingerprint density at radius 3 is 2.58 bits per heavy atom. The molecule has 1 heterocycles. The Bertz CT molecular complexity index is 251. The van der Waals surface area contributed by atoms with Crippen LogP contribution in [0.2, 0.25) is 0 Å². The van der Waals surface area contributed by atoms with Crippen LogP contribution in [0.5, 0.6) is 0 Å². The van der Waals surface area contributed by atoms with E-state index in [9.17, 15) is 9.59 Å². The van der Waals surface area contributed by atoms with Gasteiger partial charge >= 0.3 is 5.97 Å². The van der Waals surface area contributed by atoms with E-state index in [2.05, 4.69) is 0 Å². The van der Waals surface area contributed by atoms with E-state index in [-0.39, 0.29) is 11.8 Å². The predicted octanol–water partition coefficient (Wildman–Crippen LogP) is -0.0622. The van der Waals surface area contributed by atoms with Crippen LogP contribution in [0.25, 0.3) is 0 Å². The largest absolute Gasteiger partial charge is 0.480 e. The van der Waals surface area contributed by atoms with Crippen LogP contribution in [0.15, 0.2) is 0 Å². The van der Waals surface area contributed by atoms with E-state index < -0.39 is 12.0 Å². The van der Waals surface area contributed by atoms with Gasteiger partial charge in [0.1, 0.15) is 6.04 Å². The smallest absolute Gasteiger partial charge is 0.326 e. The summed E-state index contributed by atoms with van der Waals surface area (Å²) >= 11 is 0. The molecule has 2 aliphatic rings. The minimum Gasteiger partial charge on any atom is -0.480 e. The van der Waals surface area contributed by atoms with E-state index >= 15 is 0 Å². The second-order valence-corrected chi connectivity index (χ2v) is 3.61. The number of fused-ring (bicyclic) bond motifs is 1. The summed E-state index contributed by atoms with van der Waals surface area (Å²) < 4.78 is 0. The Labute approximate surface area is 70.2 Å². The van der Waals surface area contributed by atoms with Gasteiger partial charge in [-0.1, -0.05) is 0 Å². The molecule has 0 radical (unpaired) electrons. The van der Waals surface area contributed by atoms with Gasteiger partial charge in [-0.05, 0) is 18.3 Å². The molecule has 1 saturated heterocycles. The lowest BCUT2D eigenvalue weighted by Gasteiger charge is -2.22. The van der Waals surface area contributed by atoms with Gasteiger partial charge in [0.2, 0.25) is 5.91 Å². The molecule has 0 bridgehead atoms. The topological polar surface area (TPSA) is 57.6 Å². The fraction of sp³-hybridized carbons (Fsp3) is 0.750. The van der Waals surface area contributed by atoms with Gasteiger partial charge in [-0.15, -0.1) is 0 Å². The highest BCUT2D eigenvalue weighted by Gasteiger charge is 2.56. The van der Waals surface area contributed by atoms with Crippen LogP contribution in [-0.4, -0.2) is 34.5 Å². The first-order valence-corrected chi connectivity index (χ1v) is 4.11. The highest BCUT2D eigenvalue weighted by Crippen LogP contribution is 2.49. The zero-order valence-electron chi connectivity index (χ0n) is 6.86. The van der Waals surface area contributed by atoms with Crippen LogP contribution < -0.4 is 0 Å². The van der Waals surface area contributed by atoms with Crippen molar-refractivity contribution in [1.82, 2.24) is 4.90 Å². The molecule has 1 aliphatic heterocycles. The highest BCUT2D eigenvalue weighted by atomic mass is 16.4. The van der Waals surface area contributed by atoms with Crippen molar-refractivity contribution in [3.05, 3.63) is 0 Å². The number of likely N-dealkylation sites (tertiary alicyclic amines) is 1. The number of carboxylic acids is 1. The molecule has 2 fully saturated rings. The van der Waals surface area contributed by atoms with Crippen molar-refractivity contribution in [2.24, 2.45) is 11.8 Å². The van der Waals surface area contributed by atoms with Gasteiger partial charge in [-0.25, -0.2) is 4.79 Å². The lowest BCUT2D eigenvalue weighted by Crippen LogP contribution is -2.42. The lowest BCUT2D eigenvalue weighted by molar-refractivity contribution is -0.148. The van der Waals surface area contributed by atoms with Crippen molar-refractivity contribution in [2.75, 3.05) is 6.54 Å². The number of nitrogens with zero attached hydrogens (tertiary/aromatic N) is 1. The Kier molecular flexibility index (Phi) is 1.40. The zero-order valence-corrected chi connectivity index (χ0v) is 6.86. The van der Waals surface area contributed by atoms with Gasteiger partial charge in [0.05, 0.1) is 0 Å². The van der Waals surface area contributed by atoms with E-state index in [0.29, 0.717) is 12.5 Å². The molecule has 1 N–H and O–H groups in total. The summed E-state index contributed by atoms with van der Waals surface area (Å²) in [5.41, 5.74) is 0. The number of hydrogen-bond donors (Lipinski definition) is 1. The third-order valence-electron chi connectivity index (χ3n) is 2.81. The summed E-state index contributed by atoms with van der Waals surface area (Å²) in [6, 6.07) is -0.535. The lowest BCUT2D eigenvalue weighted by atomic mass is 10.2. The summed E-state index contributed by atoms with van der Waals surface area (Å²) in [5.74, 6) is -0.258. The standard InChI is InChI=1S/C8H11NO3/c1-4(10)9-3-5-2-6(5)7(9)8(11)12/h5-7H,2-3H2,1H3,(H,11,12)/t5-,6-,7-/m1/s1. The van der Waals surface area contributed by atoms with Gasteiger partial charge in [0.15, 0.2) is 0 Å². The maximum atomic E-state index is 11.0. The Morgan fingerprint density at radius 2 is 2.17 bits per heavy atom. The first-order chi connectivity index (χ1) is 5.61. The third-order valence-corrected chi connectivity index (χ3v) is 2.81. The van der Waals surface area contributed by atoms with Gasteiger partial charge in [-0.2, -0.15) is 0 Å². The highest BCUT2D eigenvalue weighted by molar-refractivity contribution is 5.84. The normalized spacial score (nSPS) is 37.8. The molecular weight excluding hydrogens is 158 g/mol. The van der Waals surface area contributed by atoms with Crippen LogP contribution in [0.1, 0.15) is 13.3 Å². The molecular formula is C8H11NO3. The number of amides is 1. The molecule has 1 saturated carbocycles. The van der Waals surface area contributed by atoms with E-state index in [1.807, 2.05) is 0 Å². The van der Waals surface area contributed by atoms with E-state index in [1.165, 1.54) is 11.8 Å². The summed E-state index contributed by atoms with van der Waals surface area (Å²) in [6.45, 7) is 2.08. The van der Waals surface area contributed by atoms with Gasteiger partial charge in [-0.3, -0.25) is 4.79 Å². The minimum atomic E-state index is -0.852. The quantitative estimate of drug-likeness (QED) is 0.598. The number of hydrogen-bond acceptors (Lipinski definition) is 2. The monoisotopic (exact) mass is 169 g/mol. The van der Waals surface area contributed by atoms with E-state index in [4.69, 9.17) is 5.11 Å². The molecule has 0 spiro atoms. The van der Waals surface area contributed by atoms with Crippen molar-refractivity contribution in [2.45, 2.75) is 19.4 Å².